The molecule has 0 aliphatic heterocycles. The number of alkyl halides is 3. The fourth-order valence-electron chi connectivity index (χ4n) is 2.19. The highest BCUT2D eigenvalue weighted by Crippen LogP contribution is 2.21. The van der Waals surface area contributed by atoms with Crippen molar-refractivity contribution in [1.82, 2.24) is 10.3 Å². The van der Waals surface area contributed by atoms with Gasteiger partial charge in [-0.3, -0.25) is 4.79 Å². The molecule has 1 N–H and O–H groups in total. The first-order valence-electron chi connectivity index (χ1n) is 8.02. The summed E-state index contributed by atoms with van der Waals surface area (Å²) in [5.74, 6) is 0.137. The molecule has 0 atom stereocenters. The van der Waals surface area contributed by atoms with Gasteiger partial charge in [-0.25, -0.2) is 4.98 Å². The predicted octanol–water partition coefficient (Wildman–Crippen LogP) is 3.67. The Hall–Kier alpha value is -3.03. The van der Waals surface area contributed by atoms with Crippen molar-refractivity contribution in [1.29, 1.82) is 0 Å². The largest absolute Gasteiger partial charge is 0.496 e. The molecular weight excluding hydrogens is 361 g/mol. The van der Waals surface area contributed by atoms with Crippen LogP contribution in [-0.4, -0.2) is 30.8 Å². The van der Waals surface area contributed by atoms with Crippen molar-refractivity contribution in [3.05, 3.63) is 59.3 Å². The van der Waals surface area contributed by atoms with E-state index in [-0.39, 0.29) is 18.3 Å². The number of aromatic nitrogens is 1. The molecule has 0 spiro atoms. The molecule has 0 radical (unpaired) electrons. The number of hydrogen-bond acceptors (Lipinski definition) is 4. The molecule has 0 saturated carbocycles. The second kappa shape index (κ2) is 9.07. The van der Waals surface area contributed by atoms with Crippen LogP contribution in [0.25, 0.3) is 6.08 Å². The van der Waals surface area contributed by atoms with Gasteiger partial charge in [-0.2, -0.15) is 13.2 Å². The normalized spacial score (nSPS) is 11.4. The number of benzene rings is 1. The van der Waals surface area contributed by atoms with Gasteiger partial charge in [0, 0.05) is 30.4 Å². The highest BCUT2D eigenvalue weighted by Gasteiger charge is 2.28. The summed E-state index contributed by atoms with van der Waals surface area (Å²) in [7, 11) is 1.55. The highest BCUT2D eigenvalue weighted by atomic mass is 19.4. The van der Waals surface area contributed by atoms with Gasteiger partial charge in [0.1, 0.15) is 5.75 Å². The summed E-state index contributed by atoms with van der Waals surface area (Å²) in [6.45, 7) is 0.634. The highest BCUT2D eigenvalue weighted by molar-refractivity contribution is 5.92. The van der Waals surface area contributed by atoms with E-state index in [1.165, 1.54) is 18.3 Å². The standard InChI is InChI=1S/C19H19F3N2O3/c1-13-3-5-16(26-2)15(9-13)4-6-17(25)24-11-14-7-8-23-18(10-14)27-12-19(20,21)22/h3-10H,11-12H2,1-2H3,(H,24,25)/b6-4+. The summed E-state index contributed by atoms with van der Waals surface area (Å²) in [6, 6.07) is 8.52. The number of aryl methyl sites for hydroxylation is 1. The number of nitrogens with one attached hydrogen (secondary N) is 1. The number of ether oxygens (including phenoxy) is 2. The van der Waals surface area contributed by atoms with Crippen LogP contribution in [-0.2, 0) is 11.3 Å². The van der Waals surface area contributed by atoms with E-state index in [0.29, 0.717) is 11.3 Å². The van der Waals surface area contributed by atoms with Crippen LogP contribution in [0.3, 0.4) is 0 Å². The Balaban J connectivity index is 1.93. The number of hydrogen-bond donors (Lipinski definition) is 1. The summed E-state index contributed by atoms with van der Waals surface area (Å²) in [5, 5.41) is 2.65. The molecule has 2 rings (SSSR count). The topological polar surface area (TPSA) is 60.5 Å². The molecule has 0 aliphatic rings. The minimum Gasteiger partial charge on any atom is -0.496 e. The number of methoxy groups -OCH3 is 1. The van der Waals surface area contributed by atoms with E-state index >= 15 is 0 Å². The van der Waals surface area contributed by atoms with Crippen LogP contribution >= 0.6 is 0 Å². The first kappa shape index (κ1) is 20.3. The van der Waals surface area contributed by atoms with Crippen LogP contribution in [0.2, 0.25) is 0 Å². The molecule has 27 heavy (non-hydrogen) atoms. The van der Waals surface area contributed by atoms with Gasteiger partial charge >= 0.3 is 6.18 Å². The lowest BCUT2D eigenvalue weighted by Gasteiger charge is -2.09. The second-order valence-corrected chi connectivity index (χ2v) is 5.70. The van der Waals surface area contributed by atoms with E-state index < -0.39 is 12.8 Å². The molecule has 0 aliphatic carbocycles. The Labute approximate surface area is 154 Å². The van der Waals surface area contributed by atoms with Gasteiger partial charge in [0.2, 0.25) is 11.8 Å². The Morgan fingerprint density at radius 3 is 2.74 bits per heavy atom. The minimum absolute atomic E-state index is 0.124. The lowest BCUT2D eigenvalue weighted by molar-refractivity contribution is -0.154. The van der Waals surface area contributed by atoms with Gasteiger partial charge in [-0.1, -0.05) is 11.6 Å². The fraction of sp³-hybridized carbons (Fsp3) is 0.263. The molecule has 1 heterocycles. The van der Waals surface area contributed by atoms with Crippen molar-refractivity contribution < 1.29 is 27.4 Å². The number of amides is 1. The summed E-state index contributed by atoms with van der Waals surface area (Å²) in [5.41, 5.74) is 2.36. The number of pyridine rings is 1. The number of carbonyl (C=O) groups excluding carboxylic acids is 1. The van der Waals surface area contributed by atoms with Crippen molar-refractivity contribution in [2.75, 3.05) is 13.7 Å². The third kappa shape index (κ3) is 7.01. The molecular formula is C19H19F3N2O3. The lowest BCUT2D eigenvalue weighted by atomic mass is 10.1. The van der Waals surface area contributed by atoms with Crippen LogP contribution in [0.15, 0.2) is 42.6 Å². The van der Waals surface area contributed by atoms with Crippen LogP contribution in [0.5, 0.6) is 11.6 Å². The molecule has 144 valence electrons. The first-order valence-corrected chi connectivity index (χ1v) is 8.02. The van der Waals surface area contributed by atoms with Crippen LogP contribution in [0.1, 0.15) is 16.7 Å². The van der Waals surface area contributed by atoms with E-state index in [1.54, 1.807) is 19.3 Å². The van der Waals surface area contributed by atoms with Crippen LogP contribution in [0.4, 0.5) is 13.2 Å². The third-order valence-corrected chi connectivity index (χ3v) is 3.45. The Kier molecular flexibility index (Phi) is 6.81. The smallest absolute Gasteiger partial charge is 0.422 e. The molecule has 1 amide bonds. The number of nitrogens with zero attached hydrogens (tertiary/aromatic N) is 1. The molecule has 0 unspecified atom stereocenters. The van der Waals surface area contributed by atoms with E-state index in [0.717, 1.165) is 11.1 Å². The van der Waals surface area contributed by atoms with Crippen molar-refractivity contribution in [2.24, 2.45) is 0 Å². The molecule has 1 aromatic carbocycles. The van der Waals surface area contributed by atoms with Gasteiger partial charge in [0.05, 0.1) is 7.11 Å². The van der Waals surface area contributed by atoms with Crippen molar-refractivity contribution >= 4 is 12.0 Å². The predicted molar refractivity (Wildman–Crippen MR) is 94.4 cm³/mol. The zero-order chi connectivity index (χ0) is 19.9. The summed E-state index contributed by atoms with van der Waals surface area (Å²) < 4.78 is 46.3. The van der Waals surface area contributed by atoms with Crippen molar-refractivity contribution in [3.8, 4) is 11.6 Å². The van der Waals surface area contributed by atoms with Crippen molar-refractivity contribution in [3.63, 3.8) is 0 Å². The van der Waals surface area contributed by atoms with Crippen molar-refractivity contribution in [2.45, 2.75) is 19.6 Å². The van der Waals surface area contributed by atoms with Gasteiger partial charge in [0.15, 0.2) is 6.61 Å². The number of carbonyl (C=O) groups is 1. The maximum absolute atomic E-state index is 12.2. The van der Waals surface area contributed by atoms with E-state index in [1.807, 2.05) is 25.1 Å². The molecule has 0 saturated heterocycles. The fourth-order valence-corrected chi connectivity index (χ4v) is 2.19. The maximum Gasteiger partial charge on any atom is 0.422 e. The molecule has 8 heteroatoms. The summed E-state index contributed by atoms with van der Waals surface area (Å²) >= 11 is 0. The van der Waals surface area contributed by atoms with Crippen LogP contribution < -0.4 is 14.8 Å². The number of halogens is 3. The average molecular weight is 380 g/mol. The zero-order valence-corrected chi connectivity index (χ0v) is 14.8. The average Bonchev–Trinajstić information content (AvgIpc) is 2.63. The second-order valence-electron chi connectivity index (χ2n) is 5.70. The van der Waals surface area contributed by atoms with E-state index in [2.05, 4.69) is 15.0 Å². The molecule has 5 nitrogen and oxygen atoms in total. The molecule has 2 aromatic rings. The first-order chi connectivity index (χ1) is 12.8. The van der Waals surface area contributed by atoms with Crippen LogP contribution in [0, 0.1) is 6.92 Å². The summed E-state index contributed by atoms with van der Waals surface area (Å²) in [6.07, 6.45) is -0.126. The zero-order valence-electron chi connectivity index (χ0n) is 14.8. The monoisotopic (exact) mass is 380 g/mol. The Bertz CT molecular complexity index is 820. The Morgan fingerprint density at radius 1 is 1.26 bits per heavy atom. The summed E-state index contributed by atoms with van der Waals surface area (Å²) in [4.78, 5) is 15.7. The van der Waals surface area contributed by atoms with Gasteiger partial charge in [-0.05, 0) is 36.8 Å². The quantitative estimate of drug-likeness (QED) is 0.745. The Morgan fingerprint density at radius 2 is 2.04 bits per heavy atom. The molecule has 0 fully saturated rings. The number of rotatable bonds is 7. The van der Waals surface area contributed by atoms with E-state index in [4.69, 9.17) is 4.74 Å². The van der Waals surface area contributed by atoms with Gasteiger partial charge in [-0.15, -0.1) is 0 Å². The maximum atomic E-state index is 12.2. The molecule has 0 bridgehead atoms. The third-order valence-electron chi connectivity index (χ3n) is 3.45. The molecule has 1 aromatic heterocycles. The SMILES string of the molecule is COc1ccc(C)cc1/C=C/C(=O)NCc1ccnc(OCC(F)(F)F)c1. The van der Waals surface area contributed by atoms with E-state index in [9.17, 15) is 18.0 Å². The lowest BCUT2D eigenvalue weighted by Crippen LogP contribution is -2.21. The van der Waals surface area contributed by atoms with Gasteiger partial charge in [0.25, 0.3) is 0 Å². The van der Waals surface area contributed by atoms with Gasteiger partial charge < -0.3 is 14.8 Å². The minimum atomic E-state index is -4.44.